The van der Waals surface area contributed by atoms with Crippen LogP contribution in [0.3, 0.4) is 0 Å². The van der Waals surface area contributed by atoms with Gasteiger partial charge in [0.2, 0.25) is 0 Å². The Labute approximate surface area is 111 Å². The summed E-state index contributed by atoms with van der Waals surface area (Å²) in [5.41, 5.74) is 0.0829. The summed E-state index contributed by atoms with van der Waals surface area (Å²) in [6, 6.07) is 0. The summed E-state index contributed by atoms with van der Waals surface area (Å²) < 4.78 is 2.83. The lowest BCUT2D eigenvalue weighted by molar-refractivity contribution is 0.145. The molecule has 0 aliphatic carbocycles. The van der Waals surface area contributed by atoms with Crippen molar-refractivity contribution in [2.45, 2.75) is 45.9 Å². The van der Waals surface area contributed by atoms with Crippen molar-refractivity contribution in [3.05, 3.63) is 27.0 Å². The topological polar surface area (TPSA) is 67.5 Å². The number of aliphatic hydroxyl groups is 1. The summed E-state index contributed by atoms with van der Waals surface area (Å²) in [6.07, 6.45) is 2.70. The van der Waals surface area contributed by atoms with E-state index in [1.54, 1.807) is 17.7 Å². The van der Waals surface area contributed by atoms with Crippen LogP contribution in [0, 0.1) is 0 Å². The summed E-state index contributed by atoms with van der Waals surface area (Å²) in [4.78, 5) is 26.3. The second-order valence-electron chi connectivity index (χ2n) is 4.85. The van der Waals surface area contributed by atoms with Gasteiger partial charge < -0.3 is 10.0 Å². The molecule has 0 saturated carbocycles. The summed E-state index contributed by atoms with van der Waals surface area (Å²) >= 11 is 0. The lowest BCUT2D eigenvalue weighted by Gasteiger charge is -2.31. The molecule has 1 fully saturated rings. The normalized spacial score (nSPS) is 16.9. The van der Waals surface area contributed by atoms with Gasteiger partial charge in [-0.1, -0.05) is 0 Å². The summed E-state index contributed by atoms with van der Waals surface area (Å²) in [6.45, 7) is 5.91. The number of nitrogens with zero attached hydrogens (tertiary/aromatic N) is 3. The Morgan fingerprint density at radius 1 is 1.21 bits per heavy atom. The predicted molar refractivity (Wildman–Crippen MR) is 73.8 cm³/mol. The highest BCUT2D eigenvalue weighted by molar-refractivity contribution is 5.42. The Morgan fingerprint density at radius 2 is 1.84 bits per heavy atom. The molecule has 106 valence electrons. The summed E-state index contributed by atoms with van der Waals surface area (Å²) in [7, 11) is 0. The van der Waals surface area contributed by atoms with Crippen molar-refractivity contribution in [2.75, 3.05) is 18.0 Å². The molecule has 1 aromatic heterocycles. The van der Waals surface area contributed by atoms with Crippen LogP contribution in [0.1, 0.15) is 26.7 Å². The average molecular weight is 267 g/mol. The predicted octanol–water partition coefficient (Wildman–Crippen LogP) is 0.0109. The van der Waals surface area contributed by atoms with Crippen molar-refractivity contribution in [1.82, 2.24) is 9.13 Å². The van der Waals surface area contributed by atoms with Crippen molar-refractivity contribution < 1.29 is 5.11 Å². The van der Waals surface area contributed by atoms with Crippen LogP contribution in [0.15, 0.2) is 15.8 Å². The molecule has 0 radical (unpaired) electrons. The first kappa shape index (κ1) is 13.9. The molecule has 0 spiro atoms. The van der Waals surface area contributed by atoms with Gasteiger partial charge in [0.15, 0.2) is 0 Å². The van der Waals surface area contributed by atoms with E-state index in [1.165, 1.54) is 4.57 Å². The minimum absolute atomic E-state index is 0.228. The molecule has 6 heteroatoms. The maximum atomic E-state index is 12.3. The van der Waals surface area contributed by atoms with Gasteiger partial charge in [-0.25, -0.2) is 4.79 Å². The smallest absolute Gasteiger partial charge is 0.331 e. The zero-order valence-electron chi connectivity index (χ0n) is 11.5. The second kappa shape index (κ2) is 5.61. The molecule has 1 aromatic rings. The number of aryl methyl sites for hydroxylation is 1. The molecular formula is C13H21N3O3. The van der Waals surface area contributed by atoms with E-state index in [9.17, 15) is 14.7 Å². The standard InChI is InChI=1S/C13H21N3O3/c1-3-14-9-11(12(18)16(4-2)13(14)19)15-7-5-10(17)6-8-15/h9-10,17H,3-8H2,1-2H3. The zero-order valence-corrected chi connectivity index (χ0v) is 11.5. The molecular weight excluding hydrogens is 246 g/mol. The molecule has 6 nitrogen and oxygen atoms in total. The third kappa shape index (κ3) is 2.58. The second-order valence-corrected chi connectivity index (χ2v) is 4.85. The fourth-order valence-electron chi connectivity index (χ4n) is 2.47. The van der Waals surface area contributed by atoms with Crippen molar-refractivity contribution in [2.24, 2.45) is 0 Å². The Bertz CT molecular complexity index is 553. The Hall–Kier alpha value is -1.56. The third-order valence-corrected chi connectivity index (χ3v) is 3.68. The summed E-state index contributed by atoms with van der Waals surface area (Å²) in [5.74, 6) is 0. The maximum Gasteiger partial charge on any atom is 0.331 e. The third-order valence-electron chi connectivity index (χ3n) is 3.68. The molecule has 0 bridgehead atoms. The fourth-order valence-corrected chi connectivity index (χ4v) is 2.47. The Balaban J connectivity index is 2.46. The average Bonchev–Trinajstić information content (AvgIpc) is 2.41. The molecule has 19 heavy (non-hydrogen) atoms. The fraction of sp³-hybridized carbons (Fsp3) is 0.692. The van der Waals surface area contributed by atoms with Crippen LogP contribution >= 0.6 is 0 Å². The summed E-state index contributed by atoms with van der Waals surface area (Å²) in [5, 5.41) is 9.52. The van der Waals surface area contributed by atoms with Crippen LogP contribution < -0.4 is 16.1 Å². The lowest BCUT2D eigenvalue weighted by Crippen LogP contribution is -2.45. The molecule has 1 aliphatic rings. The van der Waals surface area contributed by atoms with Crippen LogP contribution in [-0.2, 0) is 13.1 Å². The monoisotopic (exact) mass is 267 g/mol. The first-order chi connectivity index (χ1) is 9.08. The molecule has 0 unspecified atom stereocenters. The zero-order chi connectivity index (χ0) is 14.0. The first-order valence-electron chi connectivity index (χ1n) is 6.85. The molecule has 0 aromatic carbocycles. The molecule has 0 atom stereocenters. The number of anilines is 1. The molecule has 2 heterocycles. The van der Waals surface area contributed by atoms with E-state index in [1.807, 2.05) is 11.8 Å². The highest BCUT2D eigenvalue weighted by Gasteiger charge is 2.21. The molecule has 0 amide bonds. The molecule has 2 rings (SSSR count). The van der Waals surface area contributed by atoms with E-state index < -0.39 is 0 Å². The van der Waals surface area contributed by atoms with Gasteiger partial charge in [0.25, 0.3) is 5.56 Å². The first-order valence-corrected chi connectivity index (χ1v) is 6.85. The molecule has 1 N–H and O–H groups in total. The van der Waals surface area contributed by atoms with E-state index in [0.29, 0.717) is 44.7 Å². The minimum atomic E-state index is -0.276. The van der Waals surface area contributed by atoms with E-state index in [4.69, 9.17) is 0 Å². The molecule has 1 saturated heterocycles. The van der Waals surface area contributed by atoms with E-state index >= 15 is 0 Å². The number of aromatic nitrogens is 2. The largest absolute Gasteiger partial charge is 0.393 e. The van der Waals surface area contributed by atoms with Crippen molar-refractivity contribution in [3.8, 4) is 0 Å². The van der Waals surface area contributed by atoms with Gasteiger partial charge in [-0.2, -0.15) is 0 Å². The van der Waals surface area contributed by atoms with Gasteiger partial charge in [0.05, 0.1) is 6.10 Å². The van der Waals surface area contributed by atoms with Gasteiger partial charge in [-0.15, -0.1) is 0 Å². The van der Waals surface area contributed by atoms with Crippen molar-refractivity contribution in [1.29, 1.82) is 0 Å². The van der Waals surface area contributed by atoms with E-state index in [2.05, 4.69) is 0 Å². The maximum absolute atomic E-state index is 12.3. The van der Waals surface area contributed by atoms with E-state index in [-0.39, 0.29) is 17.4 Å². The van der Waals surface area contributed by atoms with Gasteiger partial charge in [-0.3, -0.25) is 13.9 Å². The number of piperidine rings is 1. The van der Waals surface area contributed by atoms with Gasteiger partial charge in [0, 0.05) is 32.4 Å². The van der Waals surface area contributed by atoms with Gasteiger partial charge in [-0.05, 0) is 26.7 Å². The Kier molecular flexibility index (Phi) is 4.09. The Morgan fingerprint density at radius 3 is 2.37 bits per heavy atom. The van der Waals surface area contributed by atoms with Crippen molar-refractivity contribution >= 4 is 5.69 Å². The van der Waals surface area contributed by atoms with Crippen LogP contribution in [0.5, 0.6) is 0 Å². The van der Waals surface area contributed by atoms with Gasteiger partial charge >= 0.3 is 5.69 Å². The quantitative estimate of drug-likeness (QED) is 0.838. The van der Waals surface area contributed by atoms with Crippen LogP contribution in [-0.4, -0.2) is 33.4 Å². The number of aliphatic hydroxyl groups excluding tert-OH is 1. The minimum Gasteiger partial charge on any atom is -0.393 e. The van der Waals surface area contributed by atoms with E-state index in [0.717, 1.165) is 0 Å². The van der Waals surface area contributed by atoms with Gasteiger partial charge in [0.1, 0.15) is 5.69 Å². The van der Waals surface area contributed by atoms with Crippen LogP contribution in [0.4, 0.5) is 5.69 Å². The number of hydrogen-bond acceptors (Lipinski definition) is 4. The highest BCUT2D eigenvalue weighted by Crippen LogP contribution is 2.15. The SMILES string of the molecule is CCn1cc(N2CCC(O)CC2)c(=O)n(CC)c1=O. The van der Waals surface area contributed by atoms with Crippen LogP contribution in [0.25, 0.3) is 0 Å². The number of rotatable bonds is 3. The highest BCUT2D eigenvalue weighted by atomic mass is 16.3. The van der Waals surface area contributed by atoms with Crippen LogP contribution in [0.2, 0.25) is 0 Å². The van der Waals surface area contributed by atoms with Crippen molar-refractivity contribution in [3.63, 3.8) is 0 Å². The lowest BCUT2D eigenvalue weighted by atomic mass is 10.1. The molecule has 1 aliphatic heterocycles. The number of hydrogen-bond donors (Lipinski definition) is 1.